The molecule has 3 heterocycles. The maximum atomic E-state index is 6.49. The molecular formula is C20H17Cl2N3O2. The maximum absolute atomic E-state index is 6.49. The van der Waals surface area contributed by atoms with Gasteiger partial charge in [-0.05, 0) is 49.6 Å². The Kier molecular flexibility index (Phi) is 4.14. The Balaban J connectivity index is 1.71. The van der Waals surface area contributed by atoms with Crippen LogP contribution in [0, 0.1) is 0 Å². The van der Waals surface area contributed by atoms with Crippen molar-refractivity contribution in [1.82, 2.24) is 9.78 Å². The van der Waals surface area contributed by atoms with E-state index >= 15 is 0 Å². The largest absolute Gasteiger partial charge is 0.454 e. The summed E-state index contributed by atoms with van der Waals surface area (Å²) in [6.45, 7) is 1.16. The van der Waals surface area contributed by atoms with Gasteiger partial charge in [-0.3, -0.25) is 0 Å². The molecule has 5 rings (SSSR count). The molecule has 0 spiro atoms. The molecule has 0 aliphatic carbocycles. The topological polar surface area (TPSA) is 48.3 Å². The van der Waals surface area contributed by atoms with Crippen molar-refractivity contribution in [2.24, 2.45) is 0 Å². The van der Waals surface area contributed by atoms with Crippen molar-refractivity contribution in [3.8, 4) is 28.4 Å². The highest BCUT2D eigenvalue weighted by Gasteiger charge is 2.24. The number of fused-ring (bicyclic) bond motifs is 2. The van der Waals surface area contributed by atoms with E-state index in [4.69, 9.17) is 37.8 Å². The second kappa shape index (κ2) is 6.66. The molecule has 0 saturated carbocycles. The van der Waals surface area contributed by atoms with Crippen molar-refractivity contribution < 1.29 is 9.47 Å². The molecule has 138 valence electrons. The molecule has 0 bridgehead atoms. The number of ether oxygens (including phenoxy) is 2. The van der Waals surface area contributed by atoms with Crippen LogP contribution in [-0.2, 0) is 6.42 Å². The minimum atomic E-state index is 0.255. The summed E-state index contributed by atoms with van der Waals surface area (Å²) in [6.07, 6.45) is 3.16. The number of anilines is 1. The van der Waals surface area contributed by atoms with Gasteiger partial charge in [0.15, 0.2) is 11.5 Å². The van der Waals surface area contributed by atoms with Gasteiger partial charge in [0, 0.05) is 17.7 Å². The molecule has 0 amide bonds. The highest BCUT2D eigenvalue weighted by molar-refractivity contribution is 6.43. The number of rotatable bonds is 2. The SMILES string of the molecule is Clc1cccc(-n2nc(-c3ccc4c(c3)OCO4)c3c2NCCCC3)c1Cl. The quantitative estimate of drug-likeness (QED) is 0.630. The van der Waals surface area contributed by atoms with E-state index in [1.807, 2.05) is 35.0 Å². The molecule has 27 heavy (non-hydrogen) atoms. The minimum Gasteiger partial charge on any atom is -0.454 e. The van der Waals surface area contributed by atoms with Crippen LogP contribution in [-0.4, -0.2) is 23.1 Å². The number of nitrogens with one attached hydrogen (secondary N) is 1. The fraction of sp³-hybridized carbons (Fsp3) is 0.250. The van der Waals surface area contributed by atoms with Crippen LogP contribution in [0.5, 0.6) is 11.5 Å². The lowest BCUT2D eigenvalue weighted by atomic mass is 10.0. The predicted molar refractivity (Wildman–Crippen MR) is 107 cm³/mol. The van der Waals surface area contributed by atoms with Crippen molar-refractivity contribution in [2.45, 2.75) is 19.3 Å². The van der Waals surface area contributed by atoms with Crippen LogP contribution in [0.2, 0.25) is 10.0 Å². The molecule has 0 atom stereocenters. The third-order valence-electron chi connectivity index (χ3n) is 4.93. The summed E-state index contributed by atoms with van der Waals surface area (Å²) < 4.78 is 12.8. The van der Waals surface area contributed by atoms with E-state index in [9.17, 15) is 0 Å². The van der Waals surface area contributed by atoms with E-state index in [2.05, 4.69) is 5.32 Å². The van der Waals surface area contributed by atoms with E-state index in [1.54, 1.807) is 6.07 Å². The first kappa shape index (κ1) is 16.8. The zero-order valence-electron chi connectivity index (χ0n) is 14.5. The summed E-state index contributed by atoms with van der Waals surface area (Å²) in [4.78, 5) is 0. The normalized spacial score (nSPS) is 15.2. The van der Waals surface area contributed by atoms with Gasteiger partial charge in [-0.15, -0.1) is 0 Å². The van der Waals surface area contributed by atoms with E-state index in [-0.39, 0.29) is 6.79 Å². The Morgan fingerprint density at radius 2 is 1.93 bits per heavy atom. The molecule has 0 saturated heterocycles. The Hall–Kier alpha value is -2.37. The molecule has 3 aromatic rings. The highest BCUT2D eigenvalue weighted by atomic mass is 35.5. The average molecular weight is 402 g/mol. The van der Waals surface area contributed by atoms with Crippen molar-refractivity contribution in [1.29, 1.82) is 0 Å². The van der Waals surface area contributed by atoms with Crippen LogP contribution in [0.4, 0.5) is 5.82 Å². The van der Waals surface area contributed by atoms with Gasteiger partial charge < -0.3 is 14.8 Å². The van der Waals surface area contributed by atoms with Gasteiger partial charge in [0.2, 0.25) is 6.79 Å². The van der Waals surface area contributed by atoms with Crippen LogP contribution in [0.25, 0.3) is 16.9 Å². The number of halogens is 2. The molecule has 0 fully saturated rings. The van der Waals surface area contributed by atoms with Crippen molar-refractivity contribution >= 4 is 29.0 Å². The van der Waals surface area contributed by atoms with Gasteiger partial charge in [0.25, 0.3) is 0 Å². The standard InChI is InChI=1S/C20H17Cl2N3O2/c21-14-5-3-6-15(18(14)22)25-20-13(4-1-2-9-23-20)19(24-25)12-7-8-16-17(10-12)27-11-26-16/h3,5-8,10,23H,1-2,4,9,11H2. The van der Waals surface area contributed by atoms with E-state index in [0.29, 0.717) is 10.0 Å². The Labute approximate surface area is 166 Å². The van der Waals surface area contributed by atoms with Crippen molar-refractivity contribution in [3.05, 3.63) is 52.0 Å². The van der Waals surface area contributed by atoms with Crippen LogP contribution in [0.15, 0.2) is 36.4 Å². The summed E-state index contributed by atoms with van der Waals surface area (Å²) in [5.74, 6) is 2.49. The van der Waals surface area contributed by atoms with E-state index in [0.717, 1.165) is 60.1 Å². The van der Waals surface area contributed by atoms with Crippen LogP contribution >= 0.6 is 23.2 Å². The lowest BCUT2D eigenvalue weighted by Gasteiger charge is -2.11. The lowest BCUT2D eigenvalue weighted by molar-refractivity contribution is 0.174. The first-order valence-corrected chi connectivity index (χ1v) is 9.68. The number of hydrogen-bond donors (Lipinski definition) is 1. The molecule has 5 nitrogen and oxygen atoms in total. The monoisotopic (exact) mass is 401 g/mol. The van der Waals surface area contributed by atoms with Crippen molar-refractivity contribution in [3.63, 3.8) is 0 Å². The lowest BCUT2D eigenvalue weighted by Crippen LogP contribution is -2.07. The van der Waals surface area contributed by atoms with E-state index in [1.165, 1.54) is 5.56 Å². The predicted octanol–water partition coefficient (Wildman–Crippen LogP) is 5.32. The third-order valence-corrected chi connectivity index (χ3v) is 5.74. The van der Waals surface area contributed by atoms with Gasteiger partial charge in [-0.2, -0.15) is 5.10 Å². The average Bonchev–Trinajstić information content (AvgIpc) is 3.21. The number of aromatic nitrogens is 2. The van der Waals surface area contributed by atoms with Crippen LogP contribution in [0.3, 0.4) is 0 Å². The summed E-state index contributed by atoms with van der Waals surface area (Å²) >= 11 is 12.7. The van der Waals surface area contributed by atoms with Gasteiger partial charge in [0.05, 0.1) is 21.4 Å². The summed E-state index contributed by atoms with van der Waals surface area (Å²) in [5.41, 5.74) is 3.87. The van der Waals surface area contributed by atoms with E-state index < -0.39 is 0 Å². The number of benzene rings is 2. The highest BCUT2D eigenvalue weighted by Crippen LogP contribution is 2.40. The fourth-order valence-corrected chi connectivity index (χ4v) is 3.98. The minimum absolute atomic E-state index is 0.255. The van der Waals surface area contributed by atoms with Gasteiger partial charge in [-0.25, -0.2) is 4.68 Å². The molecular weight excluding hydrogens is 385 g/mol. The first-order chi connectivity index (χ1) is 13.2. The molecule has 1 N–H and O–H groups in total. The third kappa shape index (κ3) is 2.82. The Morgan fingerprint density at radius 1 is 1.04 bits per heavy atom. The second-order valence-corrected chi connectivity index (χ2v) is 7.40. The molecule has 2 aliphatic rings. The van der Waals surface area contributed by atoms with Crippen LogP contribution in [0.1, 0.15) is 18.4 Å². The maximum Gasteiger partial charge on any atom is 0.231 e. The number of hydrogen-bond acceptors (Lipinski definition) is 4. The molecule has 0 unspecified atom stereocenters. The smallest absolute Gasteiger partial charge is 0.231 e. The second-order valence-electron chi connectivity index (χ2n) is 6.61. The summed E-state index contributed by atoms with van der Waals surface area (Å²) in [6, 6.07) is 11.5. The number of nitrogens with zero attached hydrogens (tertiary/aromatic N) is 2. The zero-order valence-corrected chi connectivity index (χ0v) is 16.0. The Morgan fingerprint density at radius 3 is 2.85 bits per heavy atom. The summed E-state index contributed by atoms with van der Waals surface area (Å²) in [7, 11) is 0. The first-order valence-electron chi connectivity index (χ1n) is 8.92. The Bertz CT molecular complexity index is 1030. The molecule has 1 aromatic heterocycles. The van der Waals surface area contributed by atoms with Crippen molar-refractivity contribution in [2.75, 3.05) is 18.7 Å². The molecule has 2 aromatic carbocycles. The van der Waals surface area contributed by atoms with Gasteiger partial charge >= 0.3 is 0 Å². The fourth-order valence-electron chi connectivity index (χ4n) is 3.61. The van der Waals surface area contributed by atoms with Gasteiger partial charge in [0.1, 0.15) is 5.82 Å². The molecule has 2 aliphatic heterocycles. The zero-order chi connectivity index (χ0) is 18.4. The van der Waals surface area contributed by atoms with Crippen LogP contribution < -0.4 is 14.8 Å². The molecule has 0 radical (unpaired) electrons. The summed E-state index contributed by atoms with van der Waals surface area (Å²) in [5, 5.41) is 9.44. The van der Waals surface area contributed by atoms with Gasteiger partial charge in [-0.1, -0.05) is 29.3 Å². The molecule has 7 heteroatoms.